The first kappa shape index (κ1) is 30.1. The number of rotatable bonds is 0. The molecule has 0 aromatic rings. The Morgan fingerprint density at radius 1 is 1.00 bits per heavy atom. The summed E-state index contributed by atoms with van der Waals surface area (Å²) in [5.41, 5.74) is 0. The van der Waals surface area contributed by atoms with Crippen molar-refractivity contribution in [1.29, 1.82) is 0 Å². The first-order chi connectivity index (χ1) is 4.00. The van der Waals surface area contributed by atoms with Crippen molar-refractivity contribution in [3.05, 3.63) is 0 Å². The average Bonchev–Trinajstić information content (AvgIpc) is 1.12. The third-order valence-corrected chi connectivity index (χ3v) is 0. The van der Waals surface area contributed by atoms with E-state index in [0.29, 0.717) is 0 Å². The van der Waals surface area contributed by atoms with E-state index in [1.54, 1.807) is 0 Å². The molecule has 0 atom stereocenters. The molecule has 0 aliphatic rings. The molecule has 66 valence electrons. The standard InChI is InChI=1S/K.2Na.2H3O4P.H/c;;;2*1-5(2,3)4;/h;;;2*(H3,1,2,3,4);/q3*+1;;;-1/p-2. The van der Waals surface area contributed by atoms with E-state index < -0.39 is 15.6 Å². The van der Waals surface area contributed by atoms with E-state index in [2.05, 4.69) is 0 Å². The minimum atomic E-state index is -5.39. The molecule has 3 N–H and O–H groups in total. The van der Waals surface area contributed by atoms with Crippen molar-refractivity contribution in [2.45, 2.75) is 0 Å². The van der Waals surface area contributed by atoms with Crippen molar-refractivity contribution in [2.75, 3.05) is 0 Å². The Hall–Kier alpha value is 3.86. The molecule has 13 heteroatoms. The molecule has 0 saturated heterocycles. The predicted octanol–water partition coefficient (Wildman–Crippen LogP) is -12.5. The zero-order valence-electron chi connectivity index (χ0n) is 9.28. The summed E-state index contributed by atoms with van der Waals surface area (Å²) < 4.78 is 17.4. The van der Waals surface area contributed by atoms with Crippen LogP contribution in [-0.2, 0) is 9.13 Å². The molecule has 0 aliphatic carbocycles. The Morgan fingerprint density at radius 2 is 1.00 bits per heavy atom. The Kier molecular flexibility index (Phi) is 32.3. The van der Waals surface area contributed by atoms with Gasteiger partial charge in [-0.1, -0.05) is 0 Å². The zero-order valence-corrected chi connectivity index (χ0v) is 16.2. The number of hydrogen-bond acceptors (Lipinski definition) is 5. The van der Waals surface area contributed by atoms with Crippen LogP contribution in [0.5, 0.6) is 0 Å². The van der Waals surface area contributed by atoms with Crippen LogP contribution in [0.3, 0.4) is 0 Å². The summed E-state index contributed by atoms with van der Waals surface area (Å²) in [7, 11) is -10.0. The van der Waals surface area contributed by atoms with Gasteiger partial charge in [0.05, 0.1) is 0 Å². The molecule has 0 heterocycles. The van der Waals surface area contributed by atoms with Crippen LogP contribution in [0.25, 0.3) is 0 Å². The van der Waals surface area contributed by atoms with Gasteiger partial charge in [0, 0.05) is 0 Å². The largest absolute Gasteiger partial charge is 1.00 e. The van der Waals surface area contributed by atoms with E-state index >= 15 is 0 Å². The first-order valence-electron chi connectivity index (χ1n) is 1.51. The van der Waals surface area contributed by atoms with E-state index in [-0.39, 0.29) is 113 Å². The van der Waals surface area contributed by atoms with Gasteiger partial charge in [-0.05, 0) is 0 Å². The molecular weight excluding hydrogens is 275 g/mol. The fraction of sp³-hybridized carbons (Fsp3) is 0. The average molecular weight is 280 g/mol. The van der Waals surface area contributed by atoms with Crippen molar-refractivity contribution in [3.63, 3.8) is 0 Å². The molecule has 0 amide bonds. The fourth-order valence-electron chi connectivity index (χ4n) is 0. The van der Waals surface area contributed by atoms with E-state index in [1.807, 2.05) is 0 Å². The Balaban J connectivity index is -0.0000000128. The van der Waals surface area contributed by atoms with Crippen LogP contribution in [0.2, 0.25) is 0 Å². The maximum absolute atomic E-state index is 8.88. The molecule has 0 saturated carbocycles. The van der Waals surface area contributed by atoms with Crippen molar-refractivity contribution >= 4 is 15.6 Å². The van der Waals surface area contributed by atoms with Gasteiger partial charge in [0.1, 0.15) is 0 Å². The molecule has 0 bridgehead atoms. The molecular formula is H5KNa2O8P2. The van der Waals surface area contributed by atoms with Crippen LogP contribution in [0.1, 0.15) is 2.85 Å². The van der Waals surface area contributed by atoms with Crippen LogP contribution in [0.4, 0.5) is 0 Å². The molecule has 0 radical (unpaired) electrons. The van der Waals surface area contributed by atoms with Crippen LogP contribution in [0.15, 0.2) is 0 Å². The second-order valence-electron chi connectivity index (χ2n) is 0.960. The van der Waals surface area contributed by atoms with Gasteiger partial charge in [0.15, 0.2) is 0 Å². The molecule has 0 rings (SSSR count). The van der Waals surface area contributed by atoms with Gasteiger partial charge in [-0.25, -0.2) is 4.57 Å². The Morgan fingerprint density at radius 3 is 1.00 bits per heavy atom. The quantitative estimate of drug-likeness (QED) is 0.290. The van der Waals surface area contributed by atoms with Crippen molar-refractivity contribution < 1.29 is 152 Å². The predicted molar refractivity (Wildman–Crippen MR) is 24.1 cm³/mol. The third kappa shape index (κ3) is 205. The summed E-state index contributed by atoms with van der Waals surface area (Å²) >= 11 is 0. The maximum atomic E-state index is 8.88. The SMILES string of the molecule is O=P(O)(O)O.O=P([O-])([O-])[O-].[H+].[H-].[K+].[Na+].[Na+]. The number of hydrogen-bond donors (Lipinski definition) is 3. The second-order valence-corrected chi connectivity index (χ2v) is 2.88. The second kappa shape index (κ2) is 13.9. The Bertz CT molecular complexity index is 141. The molecule has 0 spiro atoms. The summed E-state index contributed by atoms with van der Waals surface area (Å²) in [6.07, 6.45) is 0. The van der Waals surface area contributed by atoms with E-state index in [0.717, 1.165) is 0 Å². The van der Waals surface area contributed by atoms with Gasteiger partial charge in [-0.2, -0.15) is 7.82 Å². The summed E-state index contributed by atoms with van der Waals surface area (Å²) in [5, 5.41) is 0. The van der Waals surface area contributed by atoms with Gasteiger partial charge >= 0.3 is 120 Å². The van der Waals surface area contributed by atoms with Crippen LogP contribution in [0, 0.1) is 0 Å². The van der Waals surface area contributed by atoms with Gasteiger partial charge < -0.3 is 35.4 Å². The van der Waals surface area contributed by atoms with Crippen molar-refractivity contribution in [3.8, 4) is 0 Å². The normalized spacial score (nSPS) is 9.08. The smallest absolute Gasteiger partial charge is 1.00 e. The third-order valence-electron chi connectivity index (χ3n) is 0. The van der Waals surface area contributed by atoms with E-state index in [9.17, 15) is 0 Å². The topological polar surface area (TPSA) is 164 Å². The fourth-order valence-corrected chi connectivity index (χ4v) is 0. The van der Waals surface area contributed by atoms with E-state index in [4.69, 9.17) is 38.5 Å². The molecule has 0 aromatic carbocycles. The monoisotopic (exact) mass is 280 g/mol. The summed E-state index contributed by atoms with van der Waals surface area (Å²) in [5.74, 6) is 0. The summed E-state index contributed by atoms with van der Waals surface area (Å²) in [6, 6.07) is 0. The van der Waals surface area contributed by atoms with Crippen molar-refractivity contribution in [2.24, 2.45) is 0 Å². The van der Waals surface area contributed by atoms with Gasteiger partial charge in [0.25, 0.3) is 0 Å². The minimum Gasteiger partial charge on any atom is -1.00 e. The van der Waals surface area contributed by atoms with E-state index in [1.165, 1.54) is 0 Å². The van der Waals surface area contributed by atoms with Gasteiger partial charge in [-0.3, -0.25) is 0 Å². The zero-order chi connectivity index (χ0) is 9.00. The van der Waals surface area contributed by atoms with Crippen LogP contribution < -0.4 is 125 Å². The van der Waals surface area contributed by atoms with Crippen LogP contribution >= 0.6 is 15.6 Å². The molecule has 0 unspecified atom stereocenters. The van der Waals surface area contributed by atoms with Gasteiger partial charge in [-0.15, -0.1) is 0 Å². The van der Waals surface area contributed by atoms with Crippen LogP contribution in [-0.4, -0.2) is 14.7 Å². The molecule has 13 heavy (non-hydrogen) atoms. The summed E-state index contributed by atoms with van der Waals surface area (Å²) in [6.45, 7) is 0. The molecule has 0 fully saturated rings. The maximum Gasteiger partial charge on any atom is 1.00 e. The molecule has 0 aromatic heterocycles. The Labute approximate surface area is 164 Å². The summed E-state index contributed by atoms with van der Waals surface area (Å²) in [4.78, 5) is 47.2. The number of phosphoric acid groups is 2. The molecule has 0 aliphatic heterocycles. The van der Waals surface area contributed by atoms with Crippen molar-refractivity contribution in [1.82, 2.24) is 0 Å². The first-order valence-corrected chi connectivity index (χ1v) is 4.54. The minimum absolute atomic E-state index is 0. The molecule has 8 nitrogen and oxygen atoms in total. The van der Waals surface area contributed by atoms with Gasteiger partial charge in [0.2, 0.25) is 0 Å².